The number of hydrogen-bond donors (Lipinski definition) is 1. The van der Waals surface area contributed by atoms with Crippen LogP contribution in [0.15, 0.2) is 30.3 Å². The molecule has 1 saturated carbocycles. The van der Waals surface area contributed by atoms with E-state index in [1.54, 1.807) is 0 Å². The molecule has 20 heavy (non-hydrogen) atoms. The number of esters is 1. The van der Waals surface area contributed by atoms with Crippen LogP contribution in [0.1, 0.15) is 38.2 Å². The second-order valence-corrected chi connectivity index (χ2v) is 5.44. The molecule has 1 aromatic carbocycles. The molecule has 1 aliphatic carbocycles. The van der Waals surface area contributed by atoms with Gasteiger partial charge in [-0.1, -0.05) is 43.2 Å². The first-order chi connectivity index (χ1) is 9.81. The molecule has 1 fully saturated rings. The molecule has 0 saturated heterocycles. The molecule has 0 unspecified atom stereocenters. The predicted molar refractivity (Wildman–Crippen MR) is 80.5 cm³/mol. The Bertz CT molecular complexity index is 405. The van der Waals surface area contributed by atoms with E-state index in [0.29, 0.717) is 6.61 Å². The summed E-state index contributed by atoms with van der Waals surface area (Å²) in [5.74, 6) is 0.0175. The number of hydrogen-bond acceptors (Lipinski definition) is 3. The van der Waals surface area contributed by atoms with Crippen LogP contribution < -0.4 is 5.32 Å². The zero-order chi connectivity index (χ0) is 14.2. The second kappa shape index (κ2) is 8.05. The molecule has 2 atom stereocenters. The largest absolute Gasteiger partial charge is 0.466 e. The van der Waals surface area contributed by atoms with E-state index in [-0.39, 0.29) is 17.9 Å². The lowest BCUT2D eigenvalue weighted by molar-refractivity contribution is -0.150. The number of nitrogens with one attached hydrogen (secondary N) is 1. The lowest BCUT2D eigenvalue weighted by Gasteiger charge is -2.30. The van der Waals surface area contributed by atoms with Gasteiger partial charge in [0.1, 0.15) is 0 Å². The number of ether oxygens (including phenoxy) is 1. The second-order valence-electron chi connectivity index (χ2n) is 5.44. The van der Waals surface area contributed by atoms with Gasteiger partial charge in [0.25, 0.3) is 0 Å². The van der Waals surface area contributed by atoms with Crippen LogP contribution in [0.4, 0.5) is 0 Å². The smallest absolute Gasteiger partial charge is 0.310 e. The van der Waals surface area contributed by atoms with Gasteiger partial charge in [-0.15, -0.1) is 0 Å². The summed E-state index contributed by atoms with van der Waals surface area (Å²) in [5.41, 5.74) is 1.34. The zero-order valence-electron chi connectivity index (χ0n) is 12.3. The van der Waals surface area contributed by atoms with E-state index >= 15 is 0 Å². The molecule has 3 heteroatoms. The Hall–Kier alpha value is -1.35. The number of benzene rings is 1. The van der Waals surface area contributed by atoms with Crippen molar-refractivity contribution in [2.45, 2.75) is 45.1 Å². The molecule has 0 spiro atoms. The van der Waals surface area contributed by atoms with Crippen molar-refractivity contribution < 1.29 is 9.53 Å². The molecule has 1 N–H and O–H groups in total. The molecule has 0 bridgehead atoms. The third kappa shape index (κ3) is 4.34. The standard InChI is InChI=1S/C17H25NO2/c1-2-20-17(19)15-10-6-7-11-16(15)18-13-12-14-8-4-3-5-9-14/h3-5,8-9,15-16,18H,2,6-7,10-13H2,1H3/t15-,16+/m0/s1. The topological polar surface area (TPSA) is 38.3 Å². The van der Waals surface area contributed by atoms with Crippen LogP contribution >= 0.6 is 0 Å². The molecular formula is C17H25NO2. The molecule has 0 aliphatic heterocycles. The summed E-state index contributed by atoms with van der Waals surface area (Å²) in [7, 11) is 0. The van der Waals surface area contributed by atoms with E-state index in [4.69, 9.17) is 4.74 Å². The van der Waals surface area contributed by atoms with E-state index in [1.807, 2.05) is 13.0 Å². The van der Waals surface area contributed by atoms with Gasteiger partial charge in [-0.05, 0) is 38.3 Å². The third-order valence-electron chi connectivity index (χ3n) is 4.02. The first kappa shape index (κ1) is 15.0. The van der Waals surface area contributed by atoms with Crippen molar-refractivity contribution in [3.63, 3.8) is 0 Å². The van der Waals surface area contributed by atoms with Crippen molar-refractivity contribution in [3.05, 3.63) is 35.9 Å². The van der Waals surface area contributed by atoms with Crippen molar-refractivity contribution >= 4 is 5.97 Å². The van der Waals surface area contributed by atoms with Crippen LogP contribution in [0, 0.1) is 5.92 Å². The minimum absolute atomic E-state index is 0.0237. The summed E-state index contributed by atoms with van der Waals surface area (Å²) in [5, 5.41) is 3.56. The quantitative estimate of drug-likeness (QED) is 0.811. The third-order valence-corrected chi connectivity index (χ3v) is 4.02. The van der Waals surface area contributed by atoms with E-state index in [1.165, 1.54) is 12.0 Å². The molecule has 0 amide bonds. The molecule has 0 aromatic heterocycles. The van der Waals surface area contributed by atoms with Gasteiger partial charge >= 0.3 is 5.97 Å². The van der Waals surface area contributed by atoms with Crippen LogP contribution in [0.5, 0.6) is 0 Å². The highest BCUT2D eigenvalue weighted by atomic mass is 16.5. The van der Waals surface area contributed by atoms with E-state index in [9.17, 15) is 4.79 Å². The van der Waals surface area contributed by atoms with Gasteiger partial charge in [0.05, 0.1) is 12.5 Å². The van der Waals surface area contributed by atoms with Crippen molar-refractivity contribution in [2.75, 3.05) is 13.2 Å². The van der Waals surface area contributed by atoms with Crippen LogP contribution in [0.2, 0.25) is 0 Å². The van der Waals surface area contributed by atoms with Gasteiger partial charge in [-0.25, -0.2) is 0 Å². The molecule has 0 radical (unpaired) electrons. The van der Waals surface area contributed by atoms with Crippen LogP contribution in [0.3, 0.4) is 0 Å². The predicted octanol–water partition coefficient (Wildman–Crippen LogP) is 2.94. The number of carbonyl (C=O) groups is 1. The fraction of sp³-hybridized carbons (Fsp3) is 0.588. The van der Waals surface area contributed by atoms with Gasteiger partial charge < -0.3 is 10.1 Å². The molecule has 110 valence electrons. The average molecular weight is 275 g/mol. The van der Waals surface area contributed by atoms with Gasteiger partial charge in [0.15, 0.2) is 0 Å². The highest BCUT2D eigenvalue weighted by molar-refractivity contribution is 5.73. The van der Waals surface area contributed by atoms with Gasteiger partial charge in [0, 0.05) is 6.04 Å². The van der Waals surface area contributed by atoms with Crippen molar-refractivity contribution in [3.8, 4) is 0 Å². The maximum Gasteiger partial charge on any atom is 0.310 e. The maximum atomic E-state index is 12.0. The van der Waals surface area contributed by atoms with Crippen molar-refractivity contribution in [1.82, 2.24) is 5.32 Å². The highest BCUT2D eigenvalue weighted by Crippen LogP contribution is 2.25. The van der Waals surface area contributed by atoms with Gasteiger partial charge in [-0.3, -0.25) is 4.79 Å². The van der Waals surface area contributed by atoms with Gasteiger partial charge in [0.2, 0.25) is 0 Å². The lowest BCUT2D eigenvalue weighted by Crippen LogP contribution is -2.43. The average Bonchev–Trinajstić information content (AvgIpc) is 2.49. The van der Waals surface area contributed by atoms with E-state index in [0.717, 1.165) is 32.2 Å². The molecule has 3 nitrogen and oxygen atoms in total. The first-order valence-corrected chi connectivity index (χ1v) is 7.75. The molecule has 1 aliphatic rings. The first-order valence-electron chi connectivity index (χ1n) is 7.75. The Labute approximate surface area is 121 Å². The molecule has 2 rings (SSSR count). The normalized spacial score (nSPS) is 22.4. The Morgan fingerprint density at radius 3 is 2.75 bits per heavy atom. The molecule has 0 heterocycles. The summed E-state index contributed by atoms with van der Waals surface area (Å²) in [6, 6.07) is 10.7. The summed E-state index contributed by atoms with van der Waals surface area (Å²) in [4.78, 5) is 12.0. The van der Waals surface area contributed by atoms with E-state index < -0.39 is 0 Å². The minimum atomic E-state index is -0.0237. The minimum Gasteiger partial charge on any atom is -0.466 e. The SMILES string of the molecule is CCOC(=O)[C@H]1CCCC[C@H]1NCCc1ccccc1. The summed E-state index contributed by atoms with van der Waals surface area (Å²) in [6.07, 6.45) is 5.40. The lowest BCUT2D eigenvalue weighted by atomic mass is 9.84. The van der Waals surface area contributed by atoms with Crippen molar-refractivity contribution in [1.29, 1.82) is 0 Å². The Morgan fingerprint density at radius 1 is 1.25 bits per heavy atom. The maximum absolute atomic E-state index is 12.0. The van der Waals surface area contributed by atoms with Crippen LogP contribution in [-0.4, -0.2) is 25.2 Å². The number of carbonyl (C=O) groups excluding carboxylic acids is 1. The Kier molecular flexibility index (Phi) is 6.06. The Morgan fingerprint density at radius 2 is 2.00 bits per heavy atom. The monoisotopic (exact) mass is 275 g/mol. The molecular weight excluding hydrogens is 250 g/mol. The van der Waals surface area contributed by atoms with Crippen molar-refractivity contribution in [2.24, 2.45) is 5.92 Å². The highest BCUT2D eigenvalue weighted by Gasteiger charge is 2.31. The Balaban J connectivity index is 1.81. The fourth-order valence-corrected chi connectivity index (χ4v) is 2.95. The summed E-state index contributed by atoms with van der Waals surface area (Å²) >= 11 is 0. The van der Waals surface area contributed by atoms with E-state index in [2.05, 4.69) is 29.6 Å². The summed E-state index contributed by atoms with van der Waals surface area (Å²) in [6.45, 7) is 3.27. The zero-order valence-corrected chi connectivity index (χ0v) is 12.3. The van der Waals surface area contributed by atoms with Gasteiger partial charge in [-0.2, -0.15) is 0 Å². The number of rotatable bonds is 6. The fourth-order valence-electron chi connectivity index (χ4n) is 2.95. The van der Waals surface area contributed by atoms with Crippen LogP contribution in [-0.2, 0) is 16.0 Å². The van der Waals surface area contributed by atoms with Crippen LogP contribution in [0.25, 0.3) is 0 Å². The summed E-state index contributed by atoms with van der Waals surface area (Å²) < 4.78 is 5.20. The molecule has 1 aromatic rings.